The number of carbonyl (C=O) groups is 1. The lowest BCUT2D eigenvalue weighted by Crippen LogP contribution is -2.38. The highest BCUT2D eigenvalue weighted by atomic mass is 32.1. The quantitative estimate of drug-likeness (QED) is 0.348. The summed E-state index contributed by atoms with van der Waals surface area (Å²) in [6.07, 6.45) is 1.21. The van der Waals surface area contributed by atoms with E-state index in [2.05, 4.69) is 83.1 Å². The van der Waals surface area contributed by atoms with E-state index in [0.29, 0.717) is 6.42 Å². The standard InChI is InChI=1S/C24H20N2OS/c27-17-16-22-18-28-23(25-22)26-24(19-10-4-1-5-11-19,20-12-6-2-7-13-20)21-14-8-3-9-15-21/h1-15,17-18H,16H2,(H,25,26). The molecule has 0 aliphatic carbocycles. The number of hydrogen-bond acceptors (Lipinski definition) is 4. The molecule has 1 N–H and O–H groups in total. The second-order valence-electron chi connectivity index (χ2n) is 6.49. The van der Waals surface area contributed by atoms with Gasteiger partial charge in [-0.3, -0.25) is 0 Å². The fraction of sp³-hybridized carbons (Fsp3) is 0.0833. The van der Waals surface area contributed by atoms with Gasteiger partial charge < -0.3 is 10.1 Å². The Balaban J connectivity index is 1.93. The molecule has 0 bridgehead atoms. The van der Waals surface area contributed by atoms with Gasteiger partial charge in [0.25, 0.3) is 0 Å². The van der Waals surface area contributed by atoms with Crippen LogP contribution in [0.3, 0.4) is 0 Å². The fourth-order valence-corrected chi connectivity index (χ4v) is 4.26. The molecule has 0 aliphatic rings. The van der Waals surface area contributed by atoms with Crippen molar-refractivity contribution in [1.29, 1.82) is 0 Å². The smallest absolute Gasteiger partial charge is 0.184 e. The predicted molar refractivity (Wildman–Crippen MR) is 115 cm³/mol. The Kier molecular flexibility index (Phi) is 5.31. The Bertz CT molecular complexity index is 933. The Labute approximate surface area is 168 Å². The summed E-state index contributed by atoms with van der Waals surface area (Å²) < 4.78 is 0. The first-order valence-electron chi connectivity index (χ1n) is 9.16. The maximum atomic E-state index is 10.9. The van der Waals surface area contributed by atoms with E-state index in [-0.39, 0.29) is 0 Å². The Morgan fingerprint density at radius 3 is 1.68 bits per heavy atom. The van der Waals surface area contributed by atoms with Gasteiger partial charge in [0.15, 0.2) is 5.13 Å². The number of nitrogens with one attached hydrogen (secondary N) is 1. The third kappa shape index (κ3) is 3.47. The van der Waals surface area contributed by atoms with Crippen LogP contribution in [0.4, 0.5) is 5.13 Å². The van der Waals surface area contributed by atoms with Crippen LogP contribution in [-0.2, 0) is 16.8 Å². The number of aldehydes is 1. The molecule has 0 fully saturated rings. The first-order chi connectivity index (χ1) is 13.8. The molecule has 0 amide bonds. The third-order valence-corrected chi connectivity index (χ3v) is 5.57. The van der Waals surface area contributed by atoms with Crippen LogP contribution in [0, 0.1) is 0 Å². The lowest BCUT2D eigenvalue weighted by atomic mass is 9.77. The largest absolute Gasteiger partial charge is 0.344 e. The van der Waals surface area contributed by atoms with E-state index in [0.717, 1.165) is 33.8 Å². The minimum atomic E-state index is -0.597. The zero-order valence-corrected chi connectivity index (χ0v) is 16.1. The number of thiazole rings is 1. The van der Waals surface area contributed by atoms with E-state index in [1.807, 2.05) is 23.6 Å². The Morgan fingerprint density at radius 2 is 1.25 bits per heavy atom. The molecule has 4 aromatic rings. The first-order valence-corrected chi connectivity index (χ1v) is 10.0. The van der Waals surface area contributed by atoms with Gasteiger partial charge in [-0.1, -0.05) is 91.0 Å². The summed E-state index contributed by atoms with van der Waals surface area (Å²) in [5.41, 5.74) is 3.56. The highest BCUT2D eigenvalue weighted by Crippen LogP contribution is 2.40. The van der Waals surface area contributed by atoms with Crippen LogP contribution >= 0.6 is 11.3 Å². The summed E-state index contributed by atoms with van der Waals surface area (Å²) >= 11 is 1.52. The molecule has 138 valence electrons. The Morgan fingerprint density at radius 1 is 0.786 bits per heavy atom. The van der Waals surface area contributed by atoms with Crippen molar-refractivity contribution in [2.45, 2.75) is 12.0 Å². The molecule has 1 aromatic heterocycles. The molecular weight excluding hydrogens is 364 g/mol. The van der Waals surface area contributed by atoms with Crippen molar-refractivity contribution in [3.05, 3.63) is 119 Å². The minimum Gasteiger partial charge on any atom is -0.344 e. The van der Waals surface area contributed by atoms with E-state index < -0.39 is 5.54 Å². The molecule has 4 rings (SSSR count). The van der Waals surface area contributed by atoms with Gasteiger partial charge in [-0.15, -0.1) is 11.3 Å². The van der Waals surface area contributed by atoms with Crippen molar-refractivity contribution in [2.75, 3.05) is 5.32 Å². The van der Waals surface area contributed by atoms with Gasteiger partial charge in [-0.2, -0.15) is 0 Å². The van der Waals surface area contributed by atoms with Crippen LogP contribution in [0.2, 0.25) is 0 Å². The van der Waals surface area contributed by atoms with Crippen molar-refractivity contribution in [1.82, 2.24) is 4.98 Å². The zero-order valence-electron chi connectivity index (χ0n) is 15.3. The van der Waals surface area contributed by atoms with Crippen LogP contribution in [0.1, 0.15) is 22.4 Å². The molecule has 0 saturated heterocycles. The molecule has 1 heterocycles. The monoisotopic (exact) mass is 384 g/mol. The van der Waals surface area contributed by atoms with Crippen LogP contribution in [0.5, 0.6) is 0 Å². The highest BCUT2D eigenvalue weighted by Gasteiger charge is 2.37. The fourth-order valence-electron chi connectivity index (χ4n) is 3.48. The molecule has 0 radical (unpaired) electrons. The van der Waals surface area contributed by atoms with Gasteiger partial charge in [-0.05, 0) is 16.7 Å². The van der Waals surface area contributed by atoms with Gasteiger partial charge in [0.1, 0.15) is 11.8 Å². The SMILES string of the molecule is O=CCc1csc(NC(c2ccccc2)(c2ccccc2)c2ccccc2)n1. The maximum Gasteiger partial charge on any atom is 0.184 e. The summed E-state index contributed by atoms with van der Waals surface area (Å²) in [5.74, 6) is 0. The second kappa shape index (κ2) is 8.19. The number of nitrogens with zero attached hydrogens (tertiary/aromatic N) is 1. The first kappa shape index (κ1) is 18.1. The van der Waals surface area contributed by atoms with Crippen molar-refractivity contribution >= 4 is 22.8 Å². The van der Waals surface area contributed by atoms with Gasteiger partial charge in [-0.25, -0.2) is 4.98 Å². The molecule has 0 atom stereocenters. The van der Waals surface area contributed by atoms with E-state index in [4.69, 9.17) is 0 Å². The van der Waals surface area contributed by atoms with Gasteiger partial charge in [0.2, 0.25) is 0 Å². The van der Waals surface area contributed by atoms with E-state index in [1.165, 1.54) is 11.3 Å². The van der Waals surface area contributed by atoms with Gasteiger partial charge in [0.05, 0.1) is 5.69 Å². The summed E-state index contributed by atoms with van der Waals surface area (Å²) in [6, 6.07) is 31.2. The summed E-state index contributed by atoms with van der Waals surface area (Å²) in [5, 5.41) is 6.43. The van der Waals surface area contributed by atoms with Crippen molar-refractivity contribution in [3.8, 4) is 0 Å². The number of rotatable bonds is 7. The van der Waals surface area contributed by atoms with Crippen LogP contribution in [-0.4, -0.2) is 11.3 Å². The summed E-state index contributed by atoms with van der Waals surface area (Å²) in [4.78, 5) is 15.5. The molecule has 3 nitrogen and oxygen atoms in total. The molecule has 0 unspecified atom stereocenters. The summed E-state index contributed by atoms with van der Waals surface area (Å²) in [6.45, 7) is 0. The lowest BCUT2D eigenvalue weighted by molar-refractivity contribution is -0.107. The van der Waals surface area contributed by atoms with Crippen molar-refractivity contribution in [3.63, 3.8) is 0 Å². The lowest BCUT2D eigenvalue weighted by Gasteiger charge is -2.36. The van der Waals surface area contributed by atoms with Crippen molar-refractivity contribution < 1.29 is 4.79 Å². The Hall–Kier alpha value is -3.24. The highest BCUT2D eigenvalue weighted by molar-refractivity contribution is 7.13. The molecule has 4 heteroatoms. The molecule has 0 aliphatic heterocycles. The number of carbonyl (C=O) groups excluding carboxylic acids is 1. The number of hydrogen-bond donors (Lipinski definition) is 1. The zero-order chi connectivity index (χ0) is 19.2. The van der Waals surface area contributed by atoms with Crippen LogP contribution in [0.15, 0.2) is 96.4 Å². The molecule has 3 aromatic carbocycles. The van der Waals surface area contributed by atoms with E-state index in [9.17, 15) is 4.79 Å². The summed E-state index contributed by atoms with van der Waals surface area (Å²) in [7, 11) is 0. The number of anilines is 1. The molecular formula is C24H20N2OS. The number of aromatic nitrogens is 1. The normalized spacial score (nSPS) is 11.1. The topological polar surface area (TPSA) is 42.0 Å². The number of benzene rings is 3. The van der Waals surface area contributed by atoms with Gasteiger partial charge >= 0.3 is 0 Å². The third-order valence-electron chi connectivity index (χ3n) is 4.76. The average Bonchev–Trinajstić information content (AvgIpc) is 3.21. The predicted octanol–water partition coefficient (Wildman–Crippen LogP) is 5.29. The van der Waals surface area contributed by atoms with E-state index >= 15 is 0 Å². The molecule has 28 heavy (non-hydrogen) atoms. The van der Waals surface area contributed by atoms with Crippen molar-refractivity contribution in [2.24, 2.45) is 0 Å². The van der Waals surface area contributed by atoms with Crippen LogP contribution < -0.4 is 5.32 Å². The minimum absolute atomic E-state index is 0.327. The van der Waals surface area contributed by atoms with Crippen LogP contribution in [0.25, 0.3) is 0 Å². The second-order valence-corrected chi connectivity index (χ2v) is 7.35. The van der Waals surface area contributed by atoms with E-state index in [1.54, 1.807) is 0 Å². The maximum absolute atomic E-state index is 10.9. The molecule has 0 spiro atoms. The van der Waals surface area contributed by atoms with Gasteiger partial charge in [0, 0.05) is 11.8 Å². The molecule has 0 saturated carbocycles. The average molecular weight is 385 g/mol.